The molecule has 0 saturated carbocycles. The fourth-order valence-electron chi connectivity index (χ4n) is 1.35. The Morgan fingerprint density at radius 1 is 1.00 bits per heavy atom. The van der Waals surface area contributed by atoms with E-state index in [1.165, 1.54) is 0 Å². The van der Waals surface area contributed by atoms with Gasteiger partial charge in [0, 0.05) is 0 Å². The van der Waals surface area contributed by atoms with Crippen LogP contribution in [0.25, 0.3) is 0 Å². The maximum absolute atomic E-state index is 9.52. The Morgan fingerprint density at radius 3 is 2.20 bits per heavy atom. The van der Waals surface area contributed by atoms with Gasteiger partial charge in [0.1, 0.15) is 0 Å². The predicted octanol–water partition coefficient (Wildman–Crippen LogP) is 2.85. The molecule has 0 bridgehead atoms. The fourth-order valence-corrected chi connectivity index (χ4v) is 1.35. The monoisotopic (exact) mass is 210 g/mol. The fraction of sp³-hybridized carbons (Fsp3) is 0.538. The SMILES string of the molecule is C=CCOC(CC=C)CCC(O)CC=C. The van der Waals surface area contributed by atoms with Crippen LogP contribution in [0.5, 0.6) is 0 Å². The Kier molecular flexibility index (Phi) is 9.13. The summed E-state index contributed by atoms with van der Waals surface area (Å²) in [5.41, 5.74) is 0. The summed E-state index contributed by atoms with van der Waals surface area (Å²) in [6, 6.07) is 0. The van der Waals surface area contributed by atoms with Crippen LogP contribution >= 0.6 is 0 Å². The van der Waals surface area contributed by atoms with E-state index < -0.39 is 0 Å². The van der Waals surface area contributed by atoms with E-state index in [1.807, 2.05) is 6.08 Å². The van der Waals surface area contributed by atoms with Crippen molar-refractivity contribution in [2.45, 2.75) is 37.9 Å². The van der Waals surface area contributed by atoms with Gasteiger partial charge in [0.15, 0.2) is 0 Å². The molecule has 0 aliphatic carbocycles. The van der Waals surface area contributed by atoms with E-state index in [1.54, 1.807) is 12.2 Å². The van der Waals surface area contributed by atoms with Crippen LogP contribution in [-0.4, -0.2) is 23.9 Å². The molecule has 15 heavy (non-hydrogen) atoms. The van der Waals surface area contributed by atoms with Crippen LogP contribution in [0.15, 0.2) is 38.0 Å². The van der Waals surface area contributed by atoms with Crippen molar-refractivity contribution in [3.05, 3.63) is 38.0 Å². The molecule has 2 nitrogen and oxygen atoms in total. The lowest BCUT2D eigenvalue weighted by Crippen LogP contribution is -2.16. The average molecular weight is 210 g/mol. The highest BCUT2D eigenvalue weighted by Gasteiger charge is 2.09. The molecule has 0 aromatic rings. The molecule has 0 aliphatic heterocycles. The smallest absolute Gasteiger partial charge is 0.0648 e. The highest BCUT2D eigenvalue weighted by atomic mass is 16.5. The van der Waals surface area contributed by atoms with Crippen molar-refractivity contribution in [1.29, 1.82) is 0 Å². The van der Waals surface area contributed by atoms with Gasteiger partial charge in [-0.2, -0.15) is 0 Å². The second-order valence-electron chi connectivity index (χ2n) is 3.52. The lowest BCUT2D eigenvalue weighted by Gasteiger charge is -2.16. The van der Waals surface area contributed by atoms with Gasteiger partial charge in [-0.05, 0) is 25.7 Å². The van der Waals surface area contributed by atoms with Crippen LogP contribution in [0, 0.1) is 0 Å². The summed E-state index contributed by atoms with van der Waals surface area (Å²) in [5, 5.41) is 9.52. The molecule has 2 atom stereocenters. The first-order valence-corrected chi connectivity index (χ1v) is 5.37. The molecule has 1 N–H and O–H groups in total. The van der Waals surface area contributed by atoms with E-state index in [9.17, 15) is 5.11 Å². The first-order chi connectivity index (χ1) is 7.24. The third-order valence-corrected chi connectivity index (χ3v) is 2.14. The number of aliphatic hydroxyl groups is 1. The van der Waals surface area contributed by atoms with Crippen LogP contribution in [0.3, 0.4) is 0 Å². The number of hydrogen-bond donors (Lipinski definition) is 1. The van der Waals surface area contributed by atoms with Gasteiger partial charge >= 0.3 is 0 Å². The zero-order valence-electron chi connectivity index (χ0n) is 9.40. The summed E-state index contributed by atoms with van der Waals surface area (Å²) in [5.74, 6) is 0. The van der Waals surface area contributed by atoms with Crippen LogP contribution in [0.2, 0.25) is 0 Å². The molecule has 0 fully saturated rings. The molecule has 0 aromatic heterocycles. The number of ether oxygens (including phenoxy) is 1. The largest absolute Gasteiger partial charge is 0.393 e. The molecule has 0 spiro atoms. The Hall–Kier alpha value is -0.860. The molecule has 0 heterocycles. The third kappa shape index (κ3) is 8.16. The minimum atomic E-state index is -0.304. The number of hydrogen-bond acceptors (Lipinski definition) is 2. The van der Waals surface area contributed by atoms with Gasteiger partial charge in [-0.15, -0.1) is 19.7 Å². The van der Waals surface area contributed by atoms with Crippen LogP contribution in [0.1, 0.15) is 25.7 Å². The van der Waals surface area contributed by atoms with Gasteiger partial charge in [0.25, 0.3) is 0 Å². The summed E-state index contributed by atoms with van der Waals surface area (Å²) in [6.45, 7) is 11.4. The van der Waals surface area contributed by atoms with Crippen molar-refractivity contribution in [1.82, 2.24) is 0 Å². The lowest BCUT2D eigenvalue weighted by atomic mass is 10.1. The van der Waals surface area contributed by atoms with Crippen LogP contribution < -0.4 is 0 Å². The van der Waals surface area contributed by atoms with Gasteiger partial charge in [0.05, 0.1) is 18.8 Å². The standard InChI is InChI=1S/C13H22O2/c1-4-7-12(14)9-10-13(8-5-2)15-11-6-3/h4-6,12-14H,1-3,7-11H2. The molecular weight excluding hydrogens is 188 g/mol. The van der Waals surface area contributed by atoms with Crippen molar-refractivity contribution in [3.8, 4) is 0 Å². The minimum absolute atomic E-state index is 0.139. The Balaban J connectivity index is 3.77. The van der Waals surface area contributed by atoms with Gasteiger partial charge in [-0.3, -0.25) is 0 Å². The van der Waals surface area contributed by atoms with E-state index in [0.29, 0.717) is 13.0 Å². The molecule has 0 saturated heterocycles. The summed E-state index contributed by atoms with van der Waals surface area (Å²) in [6.07, 6.45) is 8.18. The van der Waals surface area contributed by atoms with Gasteiger partial charge in [-0.1, -0.05) is 18.2 Å². The second-order valence-corrected chi connectivity index (χ2v) is 3.52. The summed E-state index contributed by atoms with van der Waals surface area (Å²) < 4.78 is 5.53. The quantitative estimate of drug-likeness (QED) is 0.562. The highest BCUT2D eigenvalue weighted by molar-refractivity contribution is 4.78. The number of rotatable bonds is 10. The Labute approximate surface area is 93.0 Å². The third-order valence-electron chi connectivity index (χ3n) is 2.14. The van der Waals surface area contributed by atoms with E-state index >= 15 is 0 Å². The minimum Gasteiger partial charge on any atom is -0.393 e. The second kappa shape index (κ2) is 9.69. The predicted molar refractivity (Wildman–Crippen MR) is 64.8 cm³/mol. The highest BCUT2D eigenvalue weighted by Crippen LogP contribution is 2.11. The van der Waals surface area contributed by atoms with Crippen LogP contribution in [-0.2, 0) is 4.74 Å². The van der Waals surface area contributed by atoms with Crippen molar-refractivity contribution in [2.24, 2.45) is 0 Å². The summed E-state index contributed by atoms with van der Waals surface area (Å²) in [4.78, 5) is 0. The van der Waals surface area contributed by atoms with Crippen molar-refractivity contribution in [3.63, 3.8) is 0 Å². The maximum atomic E-state index is 9.52. The lowest BCUT2D eigenvalue weighted by molar-refractivity contribution is 0.0543. The Morgan fingerprint density at radius 2 is 1.67 bits per heavy atom. The van der Waals surface area contributed by atoms with Gasteiger partial charge < -0.3 is 9.84 Å². The van der Waals surface area contributed by atoms with E-state index in [2.05, 4.69) is 19.7 Å². The van der Waals surface area contributed by atoms with E-state index in [-0.39, 0.29) is 12.2 Å². The van der Waals surface area contributed by atoms with Crippen molar-refractivity contribution < 1.29 is 9.84 Å². The van der Waals surface area contributed by atoms with Crippen molar-refractivity contribution in [2.75, 3.05) is 6.61 Å². The molecule has 0 aliphatic rings. The number of aliphatic hydroxyl groups excluding tert-OH is 1. The molecule has 2 heteroatoms. The molecular formula is C13H22O2. The first kappa shape index (κ1) is 14.1. The zero-order chi connectivity index (χ0) is 11.5. The maximum Gasteiger partial charge on any atom is 0.0648 e. The van der Waals surface area contributed by atoms with Crippen molar-refractivity contribution >= 4 is 0 Å². The molecule has 2 unspecified atom stereocenters. The normalized spacial score (nSPS) is 14.2. The zero-order valence-corrected chi connectivity index (χ0v) is 9.40. The summed E-state index contributed by atoms with van der Waals surface area (Å²) in [7, 11) is 0. The summed E-state index contributed by atoms with van der Waals surface area (Å²) >= 11 is 0. The van der Waals surface area contributed by atoms with E-state index in [0.717, 1.165) is 19.3 Å². The van der Waals surface area contributed by atoms with E-state index in [4.69, 9.17) is 4.74 Å². The Bertz CT molecular complexity index is 187. The van der Waals surface area contributed by atoms with Gasteiger partial charge in [0.2, 0.25) is 0 Å². The first-order valence-electron chi connectivity index (χ1n) is 5.37. The van der Waals surface area contributed by atoms with Crippen LogP contribution in [0.4, 0.5) is 0 Å². The molecule has 86 valence electrons. The molecule has 0 radical (unpaired) electrons. The van der Waals surface area contributed by atoms with Gasteiger partial charge in [-0.25, -0.2) is 0 Å². The average Bonchev–Trinajstić information content (AvgIpc) is 2.22. The molecule has 0 rings (SSSR count). The topological polar surface area (TPSA) is 29.5 Å². The molecule has 0 aromatic carbocycles. The molecule has 0 amide bonds.